The van der Waals surface area contributed by atoms with E-state index < -0.39 is 0 Å². The third-order valence-electron chi connectivity index (χ3n) is 4.21. The Kier molecular flexibility index (Phi) is 6.65. The van der Waals surface area contributed by atoms with Crippen LogP contribution in [0.25, 0.3) is 0 Å². The molecule has 0 radical (unpaired) electrons. The van der Waals surface area contributed by atoms with Crippen LogP contribution in [0.5, 0.6) is 0 Å². The van der Waals surface area contributed by atoms with Crippen molar-refractivity contribution in [1.82, 2.24) is 0 Å². The molecule has 0 saturated heterocycles. The molecule has 24 heavy (non-hydrogen) atoms. The van der Waals surface area contributed by atoms with E-state index in [1.54, 1.807) is 0 Å². The van der Waals surface area contributed by atoms with Crippen molar-refractivity contribution >= 4 is 17.6 Å². The van der Waals surface area contributed by atoms with Crippen LogP contribution in [0.3, 0.4) is 0 Å². The van der Waals surface area contributed by atoms with Gasteiger partial charge in [0.05, 0.1) is 11.2 Å². The van der Waals surface area contributed by atoms with Crippen molar-refractivity contribution in [2.45, 2.75) is 77.9 Å². The van der Waals surface area contributed by atoms with Gasteiger partial charge in [0.15, 0.2) is 0 Å². The summed E-state index contributed by atoms with van der Waals surface area (Å²) in [5.41, 5.74) is 5.07. The Labute approximate surface area is 151 Å². The molecule has 0 fully saturated rings. The molecule has 0 aromatic heterocycles. The zero-order chi connectivity index (χ0) is 18.0. The van der Waals surface area contributed by atoms with Crippen LogP contribution in [0.4, 0.5) is 0 Å². The molecule has 4 atom stereocenters. The van der Waals surface area contributed by atoms with Gasteiger partial charge >= 0.3 is 0 Å². The second-order valence-electron chi connectivity index (χ2n) is 7.90. The predicted molar refractivity (Wildman–Crippen MR) is 109 cm³/mol. The quantitative estimate of drug-likeness (QED) is 0.489. The maximum Gasteiger partial charge on any atom is 0.0916 e. The summed E-state index contributed by atoms with van der Waals surface area (Å²) in [7, 11) is 0.925. The highest BCUT2D eigenvalue weighted by Gasteiger charge is 2.29. The molecular formula is C20H32O2P2. The fourth-order valence-electron chi connectivity index (χ4n) is 3.74. The van der Waals surface area contributed by atoms with Gasteiger partial charge in [-0.1, -0.05) is 41.4 Å². The van der Waals surface area contributed by atoms with Gasteiger partial charge in [-0.15, -0.1) is 0 Å². The summed E-state index contributed by atoms with van der Waals surface area (Å²) >= 11 is 0. The summed E-state index contributed by atoms with van der Waals surface area (Å²) in [6.07, 6.45) is 11.0. The standard InChI is InChI=1S/C20H32O2P2/c1-14-8-15(2)11-19(6,10-14)21-23-18(5)24-22-20(7)12-16(3)9-17(4)13-20/h8-10,12,18,23-24H,11,13H2,1-7H3. The monoisotopic (exact) mass is 366 g/mol. The molecular weight excluding hydrogens is 334 g/mol. The fraction of sp³-hybridized carbons (Fsp3) is 0.600. The molecule has 2 aliphatic carbocycles. The van der Waals surface area contributed by atoms with Crippen LogP contribution in [0.15, 0.2) is 46.6 Å². The fourth-order valence-corrected chi connectivity index (χ4v) is 5.44. The van der Waals surface area contributed by atoms with Crippen molar-refractivity contribution in [3.63, 3.8) is 0 Å². The van der Waals surface area contributed by atoms with Gasteiger partial charge in [-0.2, -0.15) is 0 Å². The molecule has 0 saturated carbocycles. The van der Waals surface area contributed by atoms with Crippen molar-refractivity contribution in [2.24, 2.45) is 0 Å². The maximum atomic E-state index is 6.30. The topological polar surface area (TPSA) is 18.5 Å². The first-order valence-electron chi connectivity index (χ1n) is 8.69. The summed E-state index contributed by atoms with van der Waals surface area (Å²) in [6.45, 7) is 15.3. The zero-order valence-corrected chi connectivity index (χ0v) is 18.1. The first kappa shape index (κ1) is 20.1. The number of rotatable bonds is 6. The Morgan fingerprint density at radius 1 is 0.833 bits per heavy atom. The summed E-state index contributed by atoms with van der Waals surface area (Å²) in [5, 5.41) is 0.429. The number of allylic oxidation sites excluding steroid dienone is 4. The first-order valence-corrected chi connectivity index (χ1v) is 10.7. The lowest BCUT2D eigenvalue weighted by atomic mass is 9.89. The van der Waals surface area contributed by atoms with Gasteiger partial charge in [0.1, 0.15) is 0 Å². The van der Waals surface area contributed by atoms with Crippen LogP contribution in [0.1, 0.15) is 61.3 Å². The highest BCUT2D eigenvalue weighted by Crippen LogP contribution is 2.45. The first-order chi connectivity index (χ1) is 11.1. The third-order valence-corrected chi connectivity index (χ3v) is 6.79. The molecule has 2 rings (SSSR count). The minimum absolute atomic E-state index is 0.162. The van der Waals surface area contributed by atoms with E-state index >= 15 is 0 Å². The maximum absolute atomic E-state index is 6.30. The van der Waals surface area contributed by atoms with Crippen LogP contribution < -0.4 is 0 Å². The van der Waals surface area contributed by atoms with Crippen molar-refractivity contribution in [2.75, 3.05) is 0 Å². The molecule has 0 bridgehead atoms. The second kappa shape index (κ2) is 7.96. The van der Waals surface area contributed by atoms with Gasteiger partial charge in [0.25, 0.3) is 0 Å². The van der Waals surface area contributed by atoms with Crippen LogP contribution in [0, 0.1) is 0 Å². The lowest BCUT2D eigenvalue weighted by molar-refractivity contribution is 0.159. The Morgan fingerprint density at radius 2 is 1.21 bits per heavy atom. The molecule has 4 heteroatoms. The van der Waals surface area contributed by atoms with E-state index in [-0.39, 0.29) is 11.2 Å². The molecule has 2 aliphatic rings. The smallest absolute Gasteiger partial charge is 0.0916 e. The van der Waals surface area contributed by atoms with E-state index in [4.69, 9.17) is 9.05 Å². The Balaban J connectivity index is 1.83. The lowest BCUT2D eigenvalue weighted by Gasteiger charge is -2.33. The Morgan fingerprint density at radius 3 is 1.54 bits per heavy atom. The minimum Gasteiger partial charge on any atom is -0.351 e. The van der Waals surface area contributed by atoms with Gasteiger partial charge in [-0.05, 0) is 53.7 Å². The van der Waals surface area contributed by atoms with Crippen LogP contribution in [-0.2, 0) is 9.05 Å². The third kappa shape index (κ3) is 5.92. The second-order valence-corrected chi connectivity index (χ2v) is 11.1. The molecule has 0 aromatic rings. The van der Waals surface area contributed by atoms with Gasteiger partial charge in [-0.25, -0.2) is 0 Å². The molecule has 134 valence electrons. The van der Waals surface area contributed by atoms with E-state index in [1.165, 1.54) is 22.3 Å². The van der Waals surface area contributed by atoms with Crippen LogP contribution >= 0.6 is 17.6 Å². The minimum atomic E-state index is -0.162. The molecule has 4 unspecified atom stereocenters. The average Bonchev–Trinajstić information content (AvgIpc) is 2.40. The van der Waals surface area contributed by atoms with E-state index in [1.807, 2.05) is 0 Å². The number of hydrogen-bond acceptors (Lipinski definition) is 2. The summed E-state index contributed by atoms with van der Waals surface area (Å²) in [6, 6.07) is 0. The largest absolute Gasteiger partial charge is 0.351 e. The normalized spacial score (nSPS) is 32.8. The van der Waals surface area contributed by atoms with Crippen molar-refractivity contribution in [3.05, 3.63) is 46.6 Å². The summed E-state index contributed by atoms with van der Waals surface area (Å²) in [5.74, 6) is 0. The summed E-state index contributed by atoms with van der Waals surface area (Å²) in [4.78, 5) is 0. The molecule has 0 heterocycles. The SMILES string of the molecule is CC1=CC(C)(OPC(C)POC2(C)C=C(C)C=C(C)C2)CC(C)=C1. The lowest BCUT2D eigenvalue weighted by Crippen LogP contribution is -2.27. The predicted octanol–water partition coefficient (Wildman–Crippen LogP) is 6.66. The van der Waals surface area contributed by atoms with Crippen LogP contribution in [-0.4, -0.2) is 16.6 Å². The van der Waals surface area contributed by atoms with E-state index in [9.17, 15) is 0 Å². The summed E-state index contributed by atoms with van der Waals surface area (Å²) < 4.78 is 12.6. The van der Waals surface area contributed by atoms with Gasteiger partial charge < -0.3 is 9.05 Å². The van der Waals surface area contributed by atoms with Crippen molar-refractivity contribution < 1.29 is 9.05 Å². The van der Waals surface area contributed by atoms with E-state index in [0.717, 1.165) is 12.8 Å². The van der Waals surface area contributed by atoms with E-state index in [0.29, 0.717) is 23.0 Å². The highest BCUT2D eigenvalue weighted by molar-refractivity contribution is 7.52. The van der Waals surface area contributed by atoms with Crippen molar-refractivity contribution in [1.29, 1.82) is 0 Å². The molecule has 0 aliphatic heterocycles. The van der Waals surface area contributed by atoms with Gasteiger partial charge in [0.2, 0.25) is 0 Å². The average molecular weight is 366 g/mol. The van der Waals surface area contributed by atoms with Gasteiger partial charge in [0, 0.05) is 35.9 Å². The van der Waals surface area contributed by atoms with Crippen molar-refractivity contribution in [3.8, 4) is 0 Å². The van der Waals surface area contributed by atoms with E-state index in [2.05, 4.69) is 72.8 Å². The molecule has 0 aromatic carbocycles. The van der Waals surface area contributed by atoms with Crippen LogP contribution in [0.2, 0.25) is 0 Å². The molecule has 0 spiro atoms. The Bertz CT molecular complexity index is 551. The highest BCUT2D eigenvalue weighted by atomic mass is 31.1. The molecule has 0 amide bonds. The number of hydrogen-bond donors (Lipinski definition) is 0. The molecule has 0 N–H and O–H groups in total. The molecule has 2 nitrogen and oxygen atoms in total. The zero-order valence-electron chi connectivity index (χ0n) is 16.1. The Hall–Kier alpha value is -0.260. The van der Waals surface area contributed by atoms with Gasteiger partial charge in [-0.3, -0.25) is 0 Å².